The highest BCUT2D eigenvalue weighted by Gasteiger charge is 2.18. The van der Waals surface area contributed by atoms with Crippen LogP contribution in [0.1, 0.15) is 28.1 Å². The first-order valence-electron chi connectivity index (χ1n) is 8.88. The Labute approximate surface area is 173 Å². The first-order valence-corrected chi connectivity index (χ1v) is 8.88. The molecule has 2 heterocycles. The summed E-state index contributed by atoms with van der Waals surface area (Å²) in [6.07, 6.45) is 2.32. The third kappa shape index (κ3) is 6.45. The van der Waals surface area contributed by atoms with E-state index in [-0.39, 0.29) is 36.5 Å². The maximum atomic E-state index is 11.7. The molecule has 0 atom stereocenters. The molecule has 1 aromatic heterocycles. The van der Waals surface area contributed by atoms with E-state index in [1.807, 2.05) is 0 Å². The number of aryl methyl sites for hydroxylation is 2. The molecule has 2 aromatic rings. The van der Waals surface area contributed by atoms with Crippen LogP contribution in [-0.2, 0) is 4.74 Å². The highest BCUT2D eigenvalue weighted by molar-refractivity contribution is 5.86. The van der Waals surface area contributed by atoms with Gasteiger partial charge in [-0.1, -0.05) is 12.1 Å². The van der Waals surface area contributed by atoms with Gasteiger partial charge < -0.3 is 14.1 Å². The van der Waals surface area contributed by atoms with E-state index >= 15 is 0 Å². The zero-order chi connectivity index (χ0) is 17.6. The maximum Gasteiger partial charge on any atom is 0.374 e. The van der Waals surface area contributed by atoms with Crippen molar-refractivity contribution in [3.8, 4) is 0 Å². The second-order valence-electron chi connectivity index (χ2n) is 6.59. The molecule has 1 aliphatic heterocycles. The average Bonchev–Trinajstić information content (AvgIpc) is 3.16. The third-order valence-corrected chi connectivity index (χ3v) is 4.65. The number of ether oxygens (including phenoxy) is 1. The van der Waals surface area contributed by atoms with E-state index in [9.17, 15) is 4.79 Å². The Bertz CT molecular complexity index is 699. The van der Waals surface area contributed by atoms with Crippen molar-refractivity contribution in [1.29, 1.82) is 0 Å². The number of anilines is 1. The predicted molar refractivity (Wildman–Crippen MR) is 113 cm³/mol. The number of carbonyl (C=O) groups is 1. The lowest BCUT2D eigenvalue weighted by molar-refractivity contribution is 0.0451. The van der Waals surface area contributed by atoms with Crippen molar-refractivity contribution < 1.29 is 13.9 Å². The van der Waals surface area contributed by atoms with Gasteiger partial charge in [0, 0.05) is 38.4 Å². The van der Waals surface area contributed by atoms with Gasteiger partial charge in [0.05, 0.1) is 12.9 Å². The van der Waals surface area contributed by atoms with Crippen LogP contribution >= 0.6 is 24.8 Å². The summed E-state index contributed by atoms with van der Waals surface area (Å²) in [5.74, 6) is -0.119. The van der Waals surface area contributed by atoms with Gasteiger partial charge >= 0.3 is 5.97 Å². The average molecular weight is 415 g/mol. The summed E-state index contributed by atoms with van der Waals surface area (Å²) in [6, 6.07) is 9.95. The van der Waals surface area contributed by atoms with Crippen molar-refractivity contribution in [2.45, 2.75) is 20.3 Å². The van der Waals surface area contributed by atoms with E-state index in [4.69, 9.17) is 9.15 Å². The summed E-state index contributed by atoms with van der Waals surface area (Å²) < 4.78 is 10.3. The molecular formula is C20H28Cl2N2O3. The standard InChI is InChI=1S/C20H26N2O3.2ClH/c1-16-6-7-17(2)18(15-16)22-11-9-21(10-12-22)8-4-14-25-20(23)19-5-3-13-24-19;;/h3,5-7,13,15H,4,8-12,14H2,1-2H3;2*1H. The molecule has 27 heavy (non-hydrogen) atoms. The van der Waals surface area contributed by atoms with Gasteiger partial charge in [0.25, 0.3) is 0 Å². The lowest BCUT2D eigenvalue weighted by Gasteiger charge is -2.37. The SMILES string of the molecule is Cc1ccc(C)c(N2CCN(CCCOC(=O)c3ccco3)CC2)c1.Cl.Cl. The van der Waals surface area contributed by atoms with E-state index in [2.05, 4.69) is 41.8 Å². The van der Waals surface area contributed by atoms with Crippen LogP contribution in [0.3, 0.4) is 0 Å². The van der Waals surface area contributed by atoms with E-state index in [1.165, 1.54) is 23.1 Å². The molecule has 150 valence electrons. The monoisotopic (exact) mass is 414 g/mol. The van der Waals surface area contributed by atoms with Crippen LogP contribution in [0.4, 0.5) is 5.69 Å². The second kappa shape index (κ2) is 11.2. The topological polar surface area (TPSA) is 45.9 Å². The van der Waals surface area contributed by atoms with Crippen molar-refractivity contribution in [3.63, 3.8) is 0 Å². The zero-order valence-corrected chi connectivity index (χ0v) is 17.5. The quantitative estimate of drug-likeness (QED) is 0.525. The molecule has 0 aliphatic carbocycles. The lowest BCUT2D eigenvalue weighted by atomic mass is 10.1. The van der Waals surface area contributed by atoms with Crippen molar-refractivity contribution in [2.24, 2.45) is 0 Å². The minimum atomic E-state index is -0.384. The van der Waals surface area contributed by atoms with Crippen molar-refractivity contribution in [3.05, 3.63) is 53.5 Å². The predicted octanol–water partition coefficient (Wildman–Crippen LogP) is 4.11. The van der Waals surface area contributed by atoms with Gasteiger partial charge in [-0.2, -0.15) is 0 Å². The summed E-state index contributed by atoms with van der Waals surface area (Å²) in [5.41, 5.74) is 4.00. The van der Waals surface area contributed by atoms with E-state index in [1.54, 1.807) is 12.1 Å². The number of furan rings is 1. The molecule has 0 radical (unpaired) electrons. The Morgan fingerprint density at radius 2 is 1.85 bits per heavy atom. The normalized spacial score (nSPS) is 14.2. The summed E-state index contributed by atoms with van der Waals surface area (Å²) in [4.78, 5) is 16.6. The number of rotatable bonds is 6. The van der Waals surface area contributed by atoms with Crippen molar-refractivity contribution in [2.75, 3.05) is 44.2 Å². The molecule has 0 amide bonds. The lowest BCUT2D eigenvalue weighted by Crippen LogP contribution is -2.47. The molecule has 0 bridgehead atoms. The smallest absolute Gasteiger partial charge is 0.374 e. The Balaban J connectivity index is 0.00000182. The number of benzene rings is 1. The highest BCUT2D eigenvalue weighted by Crippen LogP contribution is 2.22. The van der Waals surface area contributed by atoms with Crippen LogP contribution in [0, 0.1) is 13.8 Å². The van der Waals surface area contributed by atoms with Gasteiger partial charge in [-0.15, -0.1) is 24.8 Å². The molecule has 1 fully saturated rings. The number of esters is 1. The molecule has 0 spiro atoms. The number of hydrogen-bond acceptors (Lipinski definition) is 5. The largest absolute Gasteiger partial charge is 0.460 e. The van der Waals surface area contributed by atoms with Crippen LogP contribution in [-0.4, -0.2) is 50.2 Å². The zero-order valence-electron chi connectivity index (χ0n) is 15.8. The first kappa shape index (κ1) is 23.3. The van der Waals surface area contributed by atoms with Crippen LogP contribution < -0.4 is 4.90 Å². The molecule has 5 nitrogen and oxygen atoms in total. The number of hydrogen-bond donors (Lipinski definition) is 0. The molecule has 0 saturated carbocycles. The van der Waals surface area contributed by atoms with Gasteiger partial charge in [0.2, 0.25) is 5.76 Å². The fraction of sp³-hybridized carbons (Fsp3) is 0.450. The highest BCUT2D eigenvalue weighted by atomic mass is 35.5. The molecule has 0 N–H and O–H groups in total. The molecule has 0 unspecified atom stereocenters. The Hall–Kier alpha value is -1.69. The fourth-order valence-corrected chi connectivity index (χ4v) is 3.19. The second-order valence-corrected chi connectivity index (χ2v) is 6.59. The molecule has 1 aromatic carbocycles. The van der Waals surface area contributed by atoms with Crippen LogP contribution in [0.2, 0.25) is 0 Å². The van der Waals surface area contributed by atoms with Crippen molar-refractivity contribution >= 4 is 36.5 Å². The Morgan fingerprint density at radius 1 is 1.11 bits per heavy atom. The molecule has 1 saturated heterocycles. The van der Waals surface area contributed by atoms with E-state index in [0.717, 1.165) is 39.1 Å². The third-order valence-electron chi connectivity index (χ3n) is 4.65. The summed E-state index contributed by atoms with van der Waals surface area (Å²) in [5, 5.41) is 0. The van der Waals surface area contributed by atoms with Crippen LogP contribution in [0.25, 0.3) is 0 Å². The molecular weight excluding hydrogens is 387 g/mol. The number of nitrogens with zero attached hydrogens (tertiary/aromatic N) is 2. The van der Waals surface area contributed by atoms with Gasteiger partial charge in [0.1, 0.15) is 0 Å². The van der Waals surface area contributed by atoms with Crippen LogP contribution in [0.5, 0.6) is 0 Å². The van der Waals surface area contributed by atoms with Crippen molar-refractivity contribution in [1.82, 2.24) is 4.90 Å². The number of halogens is 2. The van der Waals surface area contributed by atoms with E-state index in [0.29, 0.717) is 6.61 Å². The molecule has 3 rings (SSSR count). The summed E-state index contributed by atoms with van der Waals surface area (Å²) in [6.45, 7) is 9.85. The fourth-order valence-electron chi connectivity index (χ4n) is 3.19. The minimum absolute atomic E-state index is 0. The summed E-state index contributed by atoms with van der Waals surface area (Å²) >= 11 is 0. The Morgan fingerprint density at radius 3 is 2.52 bits per heavy atom. The van der Waals surface area contributed by atoms with Gasteiger partial charge in [-0.25, -0.2) is 4.79 Å². The van der Waals surface area contributed by atoms with Gasteiger partial charge in [0.15, 0.2) is 0 Å². The first-order chi connectivity index (χ1) is 12.1. The van der Waals surface area contributed by atoms with Gasteiger partial charge in [-0.05, 0) is 49.6 Å². The molecule has 1 aliphatic rings. The van der Waals surface area contributed by atoms with Gasteiger partial charge in [-0.3, -0.25) is 4.90 Å². The number of carbonyl (C=O) groups excluding carboxylic acids is 1. The van der Waals surface area contributed by atoms with Crippen LogP contribution in [0.15, 0.2) is 41.0 Å². The minimum Gasteiger partial charge on any atom is -0.460 e. The summed E-state index contributed by atoms with van der Waals surface area (Å²) in [7, 11) is 0. The van der Waals surface area contributed by atoms with E-state index < -0.39 is 0 Å². The number of piperazine rings is 1. The maximum absolute atomic E-state index is 11.7. The molecule has 7 heteroatoms. The Kier molecular flexibility index (Phi) is 9.70.